The molecule has 0 bridgehead atoms. The van der Waals surface area contributed by atoms with Crippen molar-refractivity contribution in [3.05, 3.63) is 72.1 Å². The Morgan fingerprint density at radius 3 is 2.44 bits per heavy atom. The Labute approximate surface area is 241 Å². The number of anilines is 3. The number of hydrogen-bond acceptors (Lipinski definition) is 7. The number of nitrogens with one attached hydrogen (secondary N) is 1. The van der Waals surface area contributed by atoms with Gasteiger partial charge in [-0.15, -0.1) is 0 Å². The number of benzene rings is 2. The molecule has 1 atom stereocenters. The third-order valence-corrected chi connectivity index (χ3v) is 10.6. The minimum Gasteiger partial charge on any atom is -0.369 e. The molecule has 0 spiro atoms. The smallest absolute Gasteiger partial charge is 0.243 e. The van der Waals surface area contributed by atoms with Crippen LogP contribution in [0.4, 0.5) is 17.2 Å². The summed E-state index contributed by atoms with van der Waals surface area (Å²) in [4.78, 5) is 12.4. The van der Waals surface area contributed by atoms with E-state index in [1.165, 1.54) is 35.2 Å². The summed E-state index contributed by atoms with van der Waals surface area (Å²) in [6.07, 6.45) is 9.19. The van der Waals surface area contributed by atoms with E-state index in [1.54, 1.807) is 34.8 Å². The molecule has 2 saturated heterocycles. The van der Waals surface area contributed by atoms with Crippen LogP contribution < -0.4 is 16.0 Å². The van der Waals surface area contributed by atoms with Crippen LogP contribution in [-0.4, -0.2) is 54.9 Å². The van der Waals surface area contributed by atoms with E-state index in [1.807, 2.05) is 12.1 Å². The molecule has 212 valence electrons. The Morgan fingerprint density at radius 2 is 1.66 bits per heavy atom. The van der Waals surface area contributed by atoms with Gasteiger partial charge in [0.05, 0.1) is 16.1 Å². The third-order valence-electron chi connectivity index (χ3n) is 8.70. The lowest BCUT2D eigenvalue weighted by molar-refractivity contribution is 0.477. The minimum atomic E-state index is -3.43. The Morgan fingerprint density at radius 1 is 0.878 bits per heavy atom. The highest BCUT2D eigenvalue weighted by atomic mass is 32.2. The third kappa shape index (κ3) is 5.07. The molecule has 3 N–H and O–H groups in total. The lowest BCUT2D eigenvalue weighted by Gasteiger charge is -2.28. The Kier molecular flexibility index (Phi) is 6.89. The van der Waals surface area contributed by atoms with Crippen LogP contribution in [0.1, 0.15) is 43.4 Å². The van der Waals surface area contributed by atoms with Crippen LogP contribution in [0, 0.1) is 0 Å². The number of rotatable bonds is 6. The van der Waals surface area contributed by atoms with Crippen LogP contribution in [0.15, 0.2) is 65.7 Å². The van der Waals surface area contributed by atoms with Crippen molar-refractivity contribution in [2.75, 3.05) is 36.4 Å². The zero-order valence-corrected chi connectivity index (χ0v) is 24.0. The SMILES string of the molecule is N[C@H]1CCN(c2c3c(nc4ccc(-c5ccnc(Nc6ccc(S(=O)(=O)N7CCCC7)cc6)c5)cc24)CCCC3)C1. The van der Waals surface area contributed by atoms with Gasteiger partial charge in [-0.3, -0.25) is 4.98 Å². The first-order valence-electron chi connectivity index (χ1n) is 14.8. The molecule has 0 unspecified atom stereocenters. The number of nitrogens with zero attached hydrogens (tertiary/aromatic N) is 4. The van der Waals surface area contributed by atoms with E-state index in [9.17, 15) is 8.42 Å². The van der Waals surface area contributed by atoms with Gasteiger partial charge in [0.2, 0.25) is 10.0 Å². The highest BCUT2D eigenvalue weighted by Crippen LogP contribution is 2.39. The highest BCUT2D eigenvalue weighted by Gasteiger charge is 2.28. The van der Waals surface area contributed by atoms with E-state index in [0.717, 1.165) is 67.5 Å². The van der Waals surface area contributed by atoms with Crippen LogP contribution in [0.2, 0.25) is 0 Å². The minimum absolute atomic E-state index is 0.212. The fourth-order valence-corrected chi connectivity index (χ4v) is 8.06. The van der Waals surface area contributed by atoms with E-state index in [0.29, 0.717) is 23.8 Å². The number of sulfonamides is 1. The number of aryl methyl sites for hydroxylation is 1. The van der Waals surface area contributed by atoms with Crippen molar-refractivity contribution in [3.8, 4) is 11.1 Å². The van der Waals surface area contributed by atoms with Gasteiger partial charge in [0.25, 0.3) is 0 Å². The van der Waals surface area contributed by atoms with Crippen molar-refractivity contribution in [1.82, 2.24) is 14.3 Å². The summed E-state index contributed by atoms with van der Waals surface area (Å²) in [6.45, 7) is 3.06. The van der Waals surface area contributed by atoms with Gasteiger partial charge in [-0.2, -0.15) is 4.31 Å². The molecule has 8 nitrogen and oxygen atoms in total. The topological polar surface area (TPSA) is 104 Å². The molecule has 2 aromatic heterocycles. The van der Waals surface area contributed by atoms with Crippen LogP contribution in [0.25, 0.3) is 22.0 Å². The van der Waals surface area contributed by atoms with E-state index >= 15 is 0 Å². The molecule has 4 aromatic rings. The van der Waals surface area contributed by atoms with Crippen molar-refractivity contribution >= 4 is 38.1 Å². The Bertz CT molecular complexity index is 1700. The molecule has 7 rings (SSSR count). The van der Waals surface area contributed by atoms with E-state index < -0.39 is 10.0 Å². The first kappa shape index (κ1) is 26.4. The summed E-state index contributed by atoms with van der Waals surface area (Å²) in [5.74, 6) is 0.701. The first-order valence-corrected chi connectivity index (χ1v) is 16.2. The van der Waals surface area contributed by atoms with E-state index in [-0.39, 0.29) is 6.04 Å². The van der Waals surface area contributed by atoms with Crippen molar-refractivity contribution in [1.29, 1.82) is 0 Å². The van der Waals surface area contributed by atoms with Crippen molar-refractivity contribution < 1.29 is 8.42 Å². The standard InChI is InChI=1S/C32H36N6O2S/c33-24-14-18-37(21-24)32-27-5-1-2-6-29(27)36-30-12-7-22(19-28(30)32)23-13-15-34-31(20-23)35-25-8-10-26(11-9-25)41(39,40)38-16-3-4-17-38/h7-13,15,19-20,24H,1-6,14,16-18,21,33H2,(H,34,35)/t24-/m0/s1. The molecule has 0 amide bonds. The van der Waals surface area contributed by atoms with Gasteiger partial charge in [0.1, 0.15) is 5.82 Å². The van der Waals surface area contributed by atoms with Crippen LogP contribution in [0.3, 0.4) is 0 Å². The predicted octanol–water partition coefficient (Wildman–Crippen LogP) is 5.24. The molecule has 3 aliphatic rings. The lowest BCUT2D eigenvalue weighted by atomic mass is 9.91. The summed E-state index contributed by atoms with van der Waals surface area (Å²) >= 11 is 0. The molecular weight excluding hydrogens is 532 g/mol. The zero-order chi connectivity index (χ0) is 28.0. The average molecular weight is 569 g/mol. The lowest BCUT2D eigenvalue weighted by Crippen LogP contribution is -2.28. The van der Waals surface area contributed by atoms with Gasteiger partial charge >= 0.3 is 0 Å². The molecule has 41 heavy (non-hydrogen) atoms. The van der Waals surface area contributed by atoms with E-state index in [4.69, 9.17) is 10.7 Å². The molecule has 2 aromatic carbocycles. The van der Waals surface area contributed by atoms with Crippen molar-refractivity contribution in [2.45, 2.75) is 55.9 Å². The summed E-state index contributed by atoms with van der Waals surface area (Å²) in [5.41, 5.74) is 14.3. The molecular formula is C32H36N6O2S. The summed E-state index contributed by atoms with van der Waals surface area (Å²) in [6, 6.07) is 17.8. The number of nitrogens with two attached hydrogens (primary N) is 1. The normalized spacial score (nSPS) is 19.5. The predicted molar refractivity (Wildman–Crippen MR) is 164 cm³/mol. The quantitative estimate of drug-likeness (QED) is 0.328. The van der Waals surface area contributed by atoms with Crippen molar-refractivity contribution in [2.24, 2.45) is 5.73 Å². The number of pyridine rings is 2. The molecule has 1 aliphatic carbocycles. The van der Waals surface area contributed by atoms with Gasteiger partial charge in [0, 0.05) is 55.2 Å². The van der Waals surface area contributed by atoms with Gasteiger partial charge in [-0.25, -0.2) is 13.4 Å². The van der Waals surface area contributed by atoms with Crippen LogP contribution >= 0.6 is 0 Å². The highest BCUT2D eigenvalue weighted by molar-refractivity contribution is 7.89. The molecule has 2 fully saturated rings. The van der Waals surface area contributed by atoms with Crippen LogP contribution in [0.5, 0.6) is 0 Å². The van der Waals surface area contributed by atoms with Crippen LogP contribution in [-0.2, 0) is 22.9 Å². The average Bonchev–Trinajstić information content (AvgIpc) is 3.69. The number of aromatic nitrogens is 2. The van der Waals surface area contributed by atoms with Gasteiger partial charge < -0.3 is 16.0 Å². The van der Waals surface area contributed by atoms with Crippen molar-refractivity contribution in [3.63, 3.8) is 0 Å². The second-order valence-corrected chi connectivity index (χ2v) is 13.4. The molecule has 0 saturated carbocycles. The summed E-state index contributed by atoms with van der Waals surface area (Å²) < 4.78 is 27.3. The zero-order valence-electron chi connectivity index (χ0n) is 23.2. The maximum Gasteiger partial charge on any atom is 0.243 e. The maximum atomic E-state index is 12.9. The molecule has 4 heterocycles. The van der Waals surface area contributed by atoms with Gasteiger partial charge in [0.15, 0.2) is 0 Å². The van der Waals surface area contributed by atoms with Gasteiger partial charge in [-0.1, -0.05) is 6.07 Å². The first-order chi connectivity index (χ1) is 20.0. The van der Waals surface area contributed by atoms with Gasteiger partial charge in [-0.05, 0) is 110 Å². The summed E-state index contributed by atoms with van der Waals surface area (Å²) in [7, 11) is -3.43. The molecule has 2 aliphatic heterocycles. The second-order valence-electron chi connectivity index (χ2n) is 11.5. The summed E-state index contributed by atoms with van der Waals surface area (Å²) in [5, 5.41) is 4.54. The number of hydrogen-bond donors (Lipinski definition) is 2. The Hall–Kier alpha value is -3.53. The molecule has 0 radical (unpaired) electrons. The largest absolute Gasteiger partial charge is 0.369 e. The second kappa shape index (κ2) is 10.7. The fraction of sp³-hybridized carbons (Fsp3) is 0.375. The maximum absolute atomic E-state index is 12.9. The fourth-order valence-electron chi connectivity index (χ4n) is 6.54. The number of fused-ring (bicyclic) bond motifs is 2. The van der Waals surface area contributed by atoms with E-state index in [2.05, 4.69) is 33.4 Å². The monoisotopic (exact) mass is 568 g/mol. The Balaban J connectivity index is 1.19. The molecule has 9 heteroatoms.